The first-order valence-electron chi connectivity index (χ1n) is 5.70. The number of rotatable bonds is 5. The van der Waals surface area contributed by atoms with Crippen LogP contribution >= 0.6 is 0 Å². The molecule has 1 aliphatic rings. The molecule has 0 aromatic rings. The van der Waals surface area contributed by atoms with Crippen LogP contribution in [0.2, 0.25) is 0 Å². The molecule has 0 amide bonds. The second-order valence-electron chi connectivity index (χ2n) is 4.59. The molecule has 4 heteroatoms. The highest BCUT2D eigenvalue weighted by atomic mass is 16.4. The third-order valence-corrected chi connectivity index (χ3v) is 3.21. The van der Waals surface area contributed by atoms with Crippen LogP contribution < -0.4 is 5.32 Å². The maximum Gasteiger partial charge on any atom is 0.323 e. The molecule has 0 aromatic carbocycles. The zero-order chi connectivity index (χ0) is 11.3. The number of carbonyl (C=O) groups is 1. The van der Waals surface area contributed by atoms with Crippen LogP contribution in [0.1, 0.15) is 39.0 Å². The number of nitrogens with one attached hydrogen (secondary N) is 1. The van der Waals surface area contributed by atoms with Crippen LogP contribution in [0.3, 0.4) is 0 Å². The van der Waals surface area contributed by atoms with Gasteiger partial charge in [0.15, 0.2) is 0 Å². The third kappa shape index (κ3) is 3.18. The number of aliphatic hydroxyl groups is 1. The third-order valence-electron chi connectivity index (χ3n) is 3.21. The van der Waals surface area contributed by atoms with Crippen molar-refractivity contribution in [3.63, 3.8) is 0 Å². The molecule has 1 aliphatic carbocycles. The number of aliphatic hydroxyl groups excluding tert-OH is 1. The first-order valence-corrected chi connectivity index (χ1v) is 5.70. The molecule has 15 heavy (non-hydrogen) atoms. The lowest BCUT2D eigenvalue weighted by Crippen LogP contribution is -2.55. The highest BCUT2D eigenvalue weighted by Crippen LogP contribution is 2.32. The monoisotopic (exact) mass is 215 g/mol. The highest BCUT2D eigenvalue weighted by molar-refractivity contribution is 5.79. The van der Waals surface area contributed by atoms with Gasteiger partial charge in [0.2, 0.25) is 0 Å². The molecule has 1 saturated carbocycles. The van der Waals surface area contributed by atoms with Gasteiger partial charge in [-0.1, -0.05) is 19.8 Å². The number of carboxylic acid groups (broad SMARTS) is 1. The Bertz CT molecular complexity index is 220. The molecule has 4 nitrogen and oxygen atoms in total. The van der Waals surface area contributed by atoms with Crippen LogP contribution in [0.4, 0.5) is 0 Å². The average molecular weight is 215 g/mol. The molecule has 1 fully saturated rings. The molecule has 2 unspecified atom stereocenters. The Morgan fingerprint density at radius 3 is 2.87 bits per heavy atom. The molecule has 88 valence electrons. The van der Waals surface area contributed by atoms with E-state index in [1.807, 2.05) is 0 Å². The van der Waals surface area contributed by atoms with Crippen LogP contribution in [0.5, 0.6) is 0 Å². The Morgan fingerprint density at radius 2 is 2.33 bits per heavy atom. The quantitative estimate of drug-likeness (QED) is 0.598. The summed E-state index contributed by atoms with van der Waals surface area (Å²) >= 11 is 0. The predicted molar refractivity (Wildman–Crippen MR) is 57.7 cm³/mol. The largest absolute Gasteiger partial charge is 0.480 e. The summed E-state index contributed by atoms with van der Waals surface area (Å²) in [5.41, 5.74) is -0.743. The fourth-order valence-electron chi connectivity index (χ4n) is 2.39. The normalized spacial score (nSPS) is 31.5. The van der Waals surface area contributed by atoms with Crippen LogP contribution in [-0.4, -0.2) is 34.9 Å². The Morgan fingerprint density at radius 1 is 1.60 bits per heavy atom. The minimum absolute atomic E-state index is 0.109. The average Bonchev–Trinajstić information content (AvgIpc) is 2.18. The van der Waals surface area contributed by atoms with Crippen molar-refractivity contribution in [3.05, 3.63) is 0 Å². The van der Waals surface area contributed by atoms with Gasteiger partial charge in [0.25, 0.3) is 0 Å². The molecule has 0 aromatic heterocycles. The van der Waals surface area contributed by atoms with Crippen LogP contribution in [0.15, 0.2) is 0 Å². The van der Waals surface area contributed by atoms with Gasteiger partial charge in [0.05, 0.1) is 0 Å². The fraction of sp³-hybridized carbons (Fsp3) is 0.909. The Labute approximate surface area is 90.7 Å². The lowest BCUT2D eigenvalue weighted by molar-refractivity contribution is -0.147. The van der Waals surface area contributed by atoms with Gasteiger partial charge in [0, 0.05) is 6.61 Å². The molecular weight excluding hydrogens is 194 g/mol. The second-order valence-corrected chi connectivity index (χ2v) is 4.59. The fourth-order valence-corrected chi connectivity index (χ4v) is 2.39. The van der Waals surface area contributed by atoms with E-state index >= 15 is 0 Å². The van der Waals surface area contributed by atoms with Crippen LogP contribution in [0, 0.1) is 5.92 Å². The van der Waals surface area contributed by atoms with E-state index in [9.17, 15) is 9.90 Å². The first kappa shape index (κ1) is 12.5. The van der Waals surface area contributed by atoms with E-state index in [0.29, 0.717) is 31.7 Å². The van der Waals surface area contributed by atoms with Gasteiger partial charge in [-0.25, -0.2) is 0 Å². The zero-order valence-electron chi connectivity index (χ0n) is 9.33. The van der Waals surface area contributed by atoms with Crippen molar-refractivity contribution in [2.75, 3.05) is 13.2 Å². The highest BCUT2D eigenvalue weighted by Gasteiger charge is 2.41. The van der Waals surface area contributed by atoms with E-state index in [-0.39, 0.29) is 6.61 Å². The number of aliphatic carboxylic acids is 1. The SMILES string of the molecule is CC1CCCC(NCCCO)(C(=O)O)C1. The number of hydrogen-bond donors (Lipinski definition) is 3. The van der Waals surface area contributed by atoms with Gasteiger partial charge in [-0.15, -0.1) is 0 Å². The first-order chi connectivity index (χ1) is 7.10. The van der Waals surface area contributed by atoms with Gasteiger partial charge >= 0.3 is 5.97 Å². The Balaban J connectivity index is 2.57. The van der Waals surface area contributed by atoms with Gasteiger partial charge < -0.3 is 15.5 Å². The summed E-state index contributed by atoms with van der Waals surface area (Å²) in [5.74, 6) is -0.275. The minimum atomic E-state index is -0.744. The van der Waals surface area contributed by atoms with Crippen molar-refractivity contribution >= 4 is 5.97 Å². The molecule has 0 radical (unpaired) electrons. The maximum absolute atomic E-state index is 11.3. The van der Waals surface area contributed by atoms with E-state index in [1.165, 1.54) is 0 Å². The van der Waals surface area contributed by atoms with E-state index in [4.69, 9.17) is 5.11 Å². The predicted octanol–water partition coefficient (Wildman–Crippen LogP) is 0.992. The molecule has 3 N–H and O–H groups in total. The van der Waals surface area contributed by atoms with Crippen molar-refractivity contribution in [1.82, 2.24) is 5.32 Å². The minimum Gasteiger partial charge on any atom is -0.480 e. The van der Waals surface area contributed by atoms with Crippen molar-refractivity contribution in [1.29, 1.82) is 0 Å². The Hall–Kier alpha value is -0.610. The summed E-state index contributed by atoms with van der Waals surface area (Å²) in [4.78, 5) is 11.3. The van der Waals surface area contributed by atoms with Gasteiger partial charge in [-0.2, -0.15) is 0 Å². The summed E-state index contributed by atoms with van der Waals surface area (Å²) in [7, 11) is 0. The van der Waals surface area contributed by atoms with Crippen molar-refractivity contribution < 1.29 is 15.0 Å². The molecule has 0 heterocycles. The smallest absolute Gasteiger partial charge is 0.323 e. The van der Waals surface area contributed by atoms with Crippen LogP contribution in [0.25, 0.3) is 0 Å². The van der Waals surface area contributed by atoms with E-state index in [2.05, 4.69) is 12.2 Å². The lowest BCUT2D eigenvalue weighted by atomic mass is 9.76. The maximum atomic E-state index is 11.3. The number of carboxylic acids is 1. The molecule has 2 atom stereocenters. The Kier molecular flexibility index (Phi) is 4.54. The molecule has 0 aliphatic heterocycles. The van der Waals surface area contributed by atoms with Gasteiger partial charge in [-0.05, 0) is 31.7 Å². The zero-order valence-corrected chi connectivity index (χ0v) is 9.33. The summed E-state index contributed by atoms with van der Waals surface area (Å²) in [6.07, 6.45) is 4.12. The number of hydrogen-bond acceptors (Lipinski definition) is 3. The standard InChI is InChI=1S/C11H21NO3/c1-9-4-2-5-11(8-9,10(14)15)12-6-3-7-13/h9,12-13H,2-8H2,1H3,(H,14,15). The lowest BCUT2D eigenvalue weighted by Gasteiger charge is -2.37. The van der Waals surface area contributed by atoms with Crippen LogP contribution in [-0.2, 0) is 4.79 Å². The van der Waals surface area contributed by atoms with Gasteiger partial charge in [-0.3, -0.25) is 4.79 Å². The summed E-state index contributed by atoms with van der Waals surface area (Å²) in [6, 6.07) is 0. The van der Waals surface area contributed by atoms with Crippen molar-refractivity contribution in [2.45, 2.75) is 44.6 Å². The van der Waals surface area contributed by atoms with E-state index < -0.39 is 11.5 Å². The summed E-state index contributed by atoms with van der Waals surface area (Å²) in [6.45, 7) is 2.79. The molecular formula is C11H21NO3. The van der Waals surface area contributed by atoms with E-state index in [0.717, 1.165) is 12.8 Å². The molecule has 0 bridgehead atoms. The molecule has 0 spiro atoms. The van der Waals surface area contributed by atoms with E-state index in [1.54, 1.807) is 0 Å². The molecule has 1 rings (SSSR count). The van der Waals surface area contributed by atoms with Crippen molar-refractivity contribution in [3.8, 4) is 0 Å². The topological polar surface area (TPSA) is 69.6 Å². The second kappa shape index (κ2) is 5.47. The molecule has 0 saturated heterocycles. The summed E-state index contributed by atoms with van der Waals surface area (Å²) < 4.78 is 0. The summed E-state index contributed by atoms with van der Waals surface area (Å²) in [5, 5.41) is 21.1. The van der Waals surface area contributed by atoms with Crippen molar-refractivity contribution in [2.24, 2.45) is 5.92 Å². The van der Waals surface area contributed by atoms with Gasteiger partial charge in [0.1, 0.15) is 5.54 Å².